The van der Waals surface area contributed by atoms with Crippen LogP contribution < -0.4 is 18.9 Å². The highest BCUT2D eigenvalue weighted by Gasteiger charge is 2.22. The molecular formula is C23H25NO4S. The zero-order chi connectivity index (χ0) is 20.2. The molecule has 0 saturated carbocycles. The molecule has 6 heteroatoms. The predicted octanol–water partition coefficient (Wildman–Crippen LogP) is 4.84. The van der Waals surface area contributed by atoms with Crippen LogP contribution in [-0.2, 0) is 13.1 Å². The largest absolute Gasteiger partial charge is 0.493 e. The summed E-state index contributed by atoms with van der Waals surface area (Å²) in [6, 6.07) is 14.3. The van der Waals surface area contributed by atoms with E-state index in [-0.39, 0.29) is 0 Å². The average molecular weight is 412 g/mol. The number of fused-ring (bicyclic) bond motifs is 1. The maximum atomic E-state index is 6.09. The van der Waals surface area contributed by atoms with Gasteiger partial charge in [-0.25, -0.2) is 0 Å². The van der Waals surface area contributed by atoms with Crippen molar-refractivity contribution in [2.75, 3.05) is 34.5 Å². The molecule has 0 fully saturated rings. The SMILES string of the molecule is COc1cc(-c2cccc(OC)c2OC)cc2c1OCCN(Cc1cccs1)C2. The standard InChI is InChI=1S/C23H25NO4S/c1-25-20-8-4-7-19(23(20)27-3)16-12-17-14-24(15-18-6-5-11-29-18)9-10-28-22(17)21(13-16)26-2/h4-8,11-13H,9-10,14-15H2,1-3H3. The predicted molar refractivity (Wildman–Crippen MR) is 115 cm³/mol. The minimum absolute atomic E-state index is 0.635. The summed E-state index contributed by atoms with van der Waals surface area (Å²) >= 11 is 1.78. The first-order valence-electron chi connectivity index (χ1n) is 9.53. The summed E-state index contributed by atoms with van der Waals surface area (Å²) in [7, 11) is 4.99. The fraction of sp³-hybridized carbons (Fsp3) is 0.304. The van der Waals surface area contributed by atoms with Gasteiger partial charge in [0.15, 0.2) is 23.0 Å². The van der Waals surface area contributed by atoms with Gasteiger partial charge in [0.05, 0.1) is 21.3 Å². The summed E-state index contributed by atoms with van der Waals surface area (Å²) in [6.07, 6.45) is 0. The second-order valence-corrected chi connectivity index (χ2v) is 7.88. The first-order valence-corrected chi connectivity index (χ1v) is 10.4. The van der Waals surface area contributed by atoms with Crippen molar-refractivity contribution in [1.29, 1.82) is 0 Å². The summed E-state index contributed by atoms with van der Waals surface area (Å²) in [5.41, 5.74) is 3.08. The van der Waals surface area contributed by atoms with Gasteiger partial charge in [0.25, 0.3) is 0 Å². The van der Waals surface area contributed by atoms with Crippen LogP contribution >= 0.6 is 11.3 Å². The van der Waals surface area contributed by atoms with E-state index in [1.54, 1.807) is 32.7 Å². The lowest BCUT2D eigenvalue weighted by Gasteiger charge is -2.19. The zero-order valence-corrected chi connectivity index (χ0v) is 17.8. The van der Waals surface area contributed by atoms with Crippen molar-refractivity contribution in [1.82, 2.24) is 4.90 Å². The molecule has 0 aliphatic carbocycles. The molecule has 5 nitrogen and oxygen atoms in total. The Morgan fingerprint density at radius 1 is 1.00 bits per heavy atom. The van der Waals surface area contributed by atoms with Crippen LogP contribution in [0.5, 0.6) is 23.0 Å². The molecule has 1 aliphatic rings. The summed E-state index contributed by atoms with van der Waals surface area (Å²) < 4.78 is 22.9. The average Bonchev–Trinajstić information content (AvgIpc) is 3.17. The minimum Gasteiger partial charge on any atom is -0.493 e. The fourth-order valence-corrected chi connectivity index (χ4v) is 4.46. The third-order valence-electron chi connectivity index (χ3n) is 5.07. The first kappa shape index (κ1) is 19.6. The summed E-state index contributed by atoms with van der Waals surface area (Å²) in [5, 5.41) is 2.12. The summed E-state index contributed by atoms with van der Waals surface area (Å²) in [4.78, 5) is 3.76. The number of rotatable bonds is 6. The van der Waals surface area contributed by atoms with Gasteiger partial charge in [-0.05, 0) is 35.2 Å². The van der Waals surface area contributed by atoms with Crippen LogP contribution in [0.3, 0.4) is 0 Å². The smallest absolute Gasteiger partial charge is 0.168 e. The van der Waals surface area contributed by atoms with E-state index >= 15 is 0 Å². The Kier molecular flexibility index (Phi) is 5.92. The molecule has 2 aromatic carbocycles. The number of para-hydroxylation sites is 1. The van der Waals surface area contributed by atoms with Crippen LogP contribution in [-0.4, -0.2) is 39.4 Å². The van der Waals surface area contributed by atoms with Gasteiger partial charge in [-0.1, -0.05) is 18.2 Å². The highest BCUT2D eigenvalue weighted by molar-refractivity contribution is 7.09. The second kappa shape index (κ2) is 8.76. The molecule has 2 heterocycles. The Hall–Kier alpha value is -2.70. The van der Waals surface area contributed by atoms with Crippen LogP contribution in [0.25, 0.3) is 11.1 Å². The van der Waals surface area contributed by atoms with E-state index < -0.39 is 0 Å². The molecule has 29 heavy (non-hydrogen) atoms. The molecule has 3 aromatic rings. The number of nitrogens with zero attached hydrogens (tertiary/aromatic N) is 1. The maximum Gasteiger partial charge on any atom is 0.168 e. The molecule has 0 bridgehead atoms. The van der Waals surface area contributed by atoms with Crippen LogP contribution in [0.2, 0.25) is 0 Å². The third-order valence-corrected chi connectivity index (χ3v) is 5.93. The van der Waals surface area contributed by atoms with E-state index in [1.807, 2.05) is 24.3 Å². The van der Waals surface area contributed by atoms with Gasteiger partial charge in [-0.15, -0.1) is 11.3 Å². The van der Waals surface area contributed by atoms with E-state index in [0.717, 1.165) is 47.8 Å². The van der Waals surface area contributed by atoms with Gasteiger partial charge in [0.1, 0.15) is 6.61 Å². The van der Waals surface area contributed by atoms with Crippen molar-refractivity contribution in [2.45, 2.75) is 13.1 Å². The highest BCUT2D eigenvalue weighted by Crippen LogP contribution is 2.43. The molecule has 0 N–H and O–H groups in total. The number of hydrogen-bond donors (Lipinski definition) is 0. The number of ether oxygens (including phenoxy) is 4. The topological polar surface area (TPSA) is 40.2 Å². The van der Waals surface area contributed by atoms with Crippen molar-refractivity contribution in [3.8, 4) is 34.1 Å². The Morgan fingerprint density at radius 3 is 2.59 bits per heavy atom. The van der Waals surface area contributed by atoms with Crippen LogP contribution in [0, 0.1) is 0 Å². The highest BCUT2D eigenvalue weighted by atomic mass is 32.1. The van der Waals surface area contributed by atoms with Crippen LogP contribution in [0.15, 0.2) is 47.8 Å². The lowest BCUT2D eigenvalue weighted by atomic mass is 10.00. The van der Waals surface area contributed by atoms with Crippen molar-refractivity contribution < 1.29 is 18.9 Å². The number of hydrogen-bond acceptors (Lipinski definition) is 6. The van der Waals surface area contributed by atoms with Crippen LogP contribution in [0.1, 0.15) is 10.4 Å². The molecule has 0 spiro atoms. The maximum absolute atomic E-state index is 6.09. The molecule has 0 unspecified atom stereocenters. The molecule has 152 valence electrons. The van der Waals surface area contributed by atoms with Crippen molar-refractivity contribution in [2.24, 2.45) is 0 Å². The van der Waals surface area contributed by atoms with Gasteiger partial charge in [-0.2, -0.15) is 0 Å². The van der Waals surface area contributed by atoms with Gasteiger partial charge in [0, 0.05) is 35.6 Å². The van der Waals surface area contributed by atoms with E-state index in [0.29, 0.717) is 18.1 Å². The van der Waals surface area contributed by atoms with Gasteiger partial charge in [0.2, 0.25) is 0 Å². The number of methoxy groups -OCH3 is 3. The lowest BCUT2D eigenvalue weighted by molar-refractivity contribution is 0.218. The molecule has 0 amide bonds. The normalized spacial score (nSPS) is 13.9. The molecule has 1 aliphatic heterocycles. The molecule has 0 saturated heterocycles. The van der Waals surface area contributed by atoms with Crippen molar-refractivity contribution in [3.63, 3.8) is 0 Å². The third kappa shape index (κ3) is 4.04. The van der Waals surface area contributed by atoms with Crippen molar-refractivity contribution in [3.05, 3.63) is 58.3 Å². The summed E-state index contributed by atoms with van der Waals surface area (Å²) in [6.45, 7) is 3.21. The van der Waals surface area contributed by atoms with E-state index in [4.69, 9.17) is 18.9 Å². The molecule has 0 atom stereocenters. The molecular weight excluding hydrogens is 386 g/mol. The summed E-state index contributed by atoms with van der Waals surface area (Å²) in [5.74, 6) is 2.98. The lowest BCUT2D eigenvalue weighted by Crippen LogP contribution is -2.24. The fourth-order valence-electron chi connectivity index (χ4n) is 3.72. The monoisotopic (exact) mass is 411 g/mol. The minimum atomic E-state index is 0.635. The molecule has 0 radical (unpaired) electrons. The molecule has 1 aromatic heterocycles. The van der Waals surface area contributed by atoms with Crippen molar-refractivity contribution >= 4 is 11.3 Å². The first-order chi connectivity index (χ1) is 14.2. The Morgan fingerprint density at radius 2 is 1.86 bits per heavy atom. The number of thiophene rings is 1. The van der Waals surface area contributed by atoms with Gasteiger partial charge < -0.3 is 18.9 Å². The zero-order valence-electron chi connectivity index (χ0n) is 16.9. The van der Waals surface area contributed by atoms with Gasteiger partial charge in [-0.3, -0.25) is 4.90 Å². The second-order valence-electron chi connectivity index (χ2n) is 6.85. The Balaban J connectivity index is 1.74. The van der Waals surface area contributed by atoms with Gasteiger partial charge >= 0.3 is 0 Å². The van der Waals surface area contributed by atoms with E-state index in [2.05, 4.69) is 28.5 Å². The van der Waals surface area contributed by atoms with E-state index in [1.165, 1.54) is 4.88 Å². The quantitative estimate of drug-likeness (QED) is 0.581. The Bertz CT molecular complexity index is 971. The Labute approximate surface area is 175 Å². The number of benzene rings is 2. The van der Waals surface area contributed by atoms with Crippen LogP contribution in [0.4, 0.5) is 0 Å². The van der Waals surface area contributed by atoms with E-state index in [9.17, 15) is 0 Å². The molecule has 4 rings (SSSR count).